The number of aryl methyl sites for hydroxylation is 2. The molecule has 1 aliphatic carbocycles. The molecule has 0 radical (unpaired) electrons. The van der Waals surface area contributed by atoms with Crippen LogP contribution in [-0.2, 0) is 19.3 Å². The molecular weight excluding hydrogens is 406 g/mol. The van der Waals surface area contributed by atoms with Crippen LogP contribution in [0.15, 0.2) is 53.4 Å². The smallest absolute Gasteiger partial charge is 0.195 e. The summed E-state index contributed by atoms with van der Waals surface area (Å²) in [7, 11) is 0. The second-order valence-electron chi connectivity index (χ2n) is 7.19. The van der Waals surface area contributed by atoms with Crippen molar-refractivity contribution in [2.75, 3.05) is 0 Å². The minimum Gasteiger partial charge on any atom is -0.444 e. The van der Waals surface area contributed by atoms with Crippen LogP contribution in [0.4, 0.5) is 8.78 Å². The number of benzene rings is 2. The molecule has 150 valence electrons. The first-order chi connectivity index (χ1) is 14.6. The van der Waals surface area contributed by atoms with E-state index in [-0.39, 0.29) is 22.8 Å². The van der Waals surface area contributed by atoms with Gasteiger partial charge in [-0.15, -0.1) is 11.3 Å². The summed E-state index contributed by atoms with van der Waals surface area (Å²) in [5.74, 6) is -1.16. The first-order valence-electron chi connectivity index (χ1n) is 9.58. The van der Waals surface area contributed by atoms with Crippen LogP contribution in [0.2, 0.25) is 0 Å². The molecule has 7 heteroatoms. The Hall–Kier alpha value is -3.19. The average molecular weight is 422 g/mol. The standard InChI is InChI=1S/C23H16F2N2O2S/c24-17-4-2-5-18(25)16(17)10-20(28)23-27-19-6-1-3-13-7-8-14(21-11-26-12-29-21)9-15(13)22(19)30-23/h2,4-5,7-9,11-12H,1,3,6,10H2. The molecule has 0 unspecified atom stereocenters. The summed E-state index contributed by atoms with van der Waals surface area (Å²) in [6.45, 7) is 0. The Morgan fingerprint density at radius 1 is 1.13 bits per heavy atom. The van der Waals surface area contributed by atoms with Crippen molar-refractivity contribution in [1.82, 2.24) is 9.97 Å². The molecule has 4 aromatic rings. The van der Waals surface area contributed by atoms with Gasteiger partial charge in [0.15, 0.2) is 22.9 Å². The van der Waals surface area contributed by atoms with E-state index in [0.717, 1.165) is 53.1 Å². The Labute approximate surface area is 175 Å². The number of carbonyl (C=O) groups is 1. The number of halogens is 2. The average Bonchev–Trinajstić information content (AvgIpc) is 3.39. The van der Waals surface area contributed by atoms with E-state index in [4.69, 9.17) is 4.42 Å². The summed E-state index contributed by atoms with van der Waals surface area (Å²) in [5, 5.41) is 0.278. The Kier molecular flexibility index (Phi) is 4.75. The number of hydrogen-bond acceptors (Lipinski definition) is 5. The molecule has 2 heterocycles. The van der Waals surface area contributed by atoms with Gasteiger partial charge in [0, 0.05) is 17.5 Å². The van der Waals surface area contributed by atoms with Crippen LogP contribution in [-0.4, -0.2) is 15.8 Å². The zero-order valence-corrected chi connectivity index (χ0v) is 16.6. The minimum absolute atomic E-state index is 0.221. The molecule has 30 heavy (non-hydrogen) atoms. The molecule has 0 bridgehead atoms. The number of aromatic nitrogens is 2. The highest BCUT2D eigenvalue weighted by atomic mass is 32.1. The largest absolute Gasteiger partial charge is 0.444 e. The van der Waals surface area contributed by atoms with E-state index in [1.165, 1.54) is 29.4 Å². The Morgan fingerprint density at radius 2 is 1.97 bits per heavy atom. The number of thiazole rings is 1. The van der Waals surface area contributed by atoms with Gasteiger partial charge in [-0.1, -0.05) is 18.2 Å². The van der Waals surface area contributed by atoms with Gasteiger partial charge in [-0.2, -0.15) is 0 Å². The van der Waals surface area contributed by atoms with Crippen LogP contribution in [0, 0.1) is 11.6 Å². The number of nitrogens with zero attached hydrogens (tertiary/aromatic N) is 2. The molecule has 0 aliphatic heterocycles. The lowest BCUT2D eigenvalue weighted by molar-refractivity contribution is 0.0990. The van der Waals surface area contributed by atoms with Crippen LogP contribution in [0.3, 0.4) is 0 Å². The first kappa shape index (κ1) is 18.8. The predicted octanol–water partition coefficient (Wildman–Crippen LogP) is 5.66. The fourth-order valence-electron chi connectivity index (χ4n) is 3.75. The highest BCUT2D eigenvalue weighted by Gasteiger charge is 2.24. The molecule has 4 nitrogen and oxygen atoms in total. The monoisotopic (exact) mass is 422 g/mol. The minimum atomic E-state index is -0.719. The van der Waals surface area contributed by atoms with Crippen LogP contribution < -0.4 is 0 Å². The molecular formula is C23H16F2N2O2S. The Morgan fingerprint density at radius 3 is 2.73 bits per heavy atom. The van der Waals surface area contributed by atoms with Crippen molar-refractivity contribution >= 4 is 17.1 Å². The number of hydrogen-bond donors (Lipinski definition) is 0. The van der Waals surface area contributed by atoms with E-state index in [2.05, 4.69) is 16.0 Å². The van der Waals surface area contributed by atoms with Gasteiger partial charge >= 0.3 is 0 Å². The number of fused-ring (bicyclic) bond motifs is 3. The third kappa shape index (κ3) is 3.35. The second kappa shape index (κ2) is 7.57. The fourth-order valence-corrected chi connectivity index (χ4v) is 4.85. The number of ketones is 1. The lowest BCUT2D eigenvalue weighted by Gasteiger charge is -2.07. The summed E-state index contributed by atoms with van der Waals surface area (Å²) in [6, 6.07) is 9.70. The van der Waals surface area contributed by atoms with Gasteiger partial charge < -0.3 is 4.42 Å². The summed E-state index contributed by atoms with van der Waals surface area (Å²) in [6.07, 6.45) is 5.27. The van der Waals surface area contributed by atoms with Crippen molar-refractivity contribution in [1.29, 1.82) is 0 Å². The highest BCUT2D eigenvalue weighted by molar-refractivity contribution is 7.17. The van der Waals surface area contributed by atoms with E-state index in [9.17, 15) is 13.6 Å². The molecule has 0 atom stereocenters. The van der Waals surface area contributed by atoms with Crippen molar-refractivity contribution < 1.29 is 18.0 Å². The quantitative estimate of drug-likeness (QED) is 0.399. The number of oxazole rings is 1. The fraction of sp³-hybridized carbons (Fsp3) is 0.174. The third-order valence-corrected chi connectivity index (χ3v) is 6.44. The summed E-state index contributed by atoms with van der Waals surface area (Å²) >= 11 is 1.28. The summed E-state index contributed by atoms with van der Waals surface area (Å²) in [5.41, 5.74) is 3.73. The number of rotatable bonds is 4. The molecule has 0 saturated carbocycles. The molecule has 5 rings (SSSR count). The molecule has 0 fully saturated rings. The van der Waals surface area contributed by atoms with Crippen molar-refractivity contribution in [3.63, 3.8) is 0 Å². The van der Waals surface area contributed by atoms with Gasteiger partial charge in [-0.25, -0.2) is 18.7 Å². The van der Waals surface area contributed by atoms with Crippen molar-refractivity contribution in [3.05, 3.63) is 82.5 Å². The zero-order valence-electron chi connectivity index (χ0n) is 15.8. The molecule has 1 aliphatic rings. The van der Waals surface area contributed by atoms with E-state index in [1.807, 2.05) is 12.1 Å². The molecule has 0 amide bonds. The van der Waals surface area contributed by atoms with Gasteiger partial charge in [0.1, 0.15) is 11.6 Å². The lowest BCUT2D eigenvalue weighted by Crippen LogP contribution is -2.07. The van der Waals surface area contributed by atoms with Gasteiger partial charge in [-0.3, -0.25) is 4.79 Å². The van der Waals surface area contributed by atoms with Crippen molar-refractivity contribution in [2.24, 2.45) is 0 Å². The van der Waals surface area contributed by atoms with Gasteiger partial charge in [0.25, 0.3) is 0 Å². The van der Waals surface area contributed by atoms with E-state index in [1.54, 1.807) is 6.20 Å². The first-order valence-corrected chi connectivity index (χ1v) is 10.4. The van der Waals surface area contributed by atoms with E-state index >= 15 is 0 Å². The topological polar surface area (TPSA) is 56.0 Å². The highest BCUT2D eigenvalue weighted by Crippen LogP contribution is 2.39. The summed E-state index contributed by atoms with van der Waals surface area (Å²) < 4.78 is 33.3. The van der Waals surface area contributed by atoms with E-state index in [0.29, 0.717) is 5.76 Å². The van der Waals surface area contributed by atoms with Crippen molar-refractivity contribution in [3.8, 4) is 21.8 Å². The van der Waals surface area contributed by atoms with Gasteiger partial charge in [0.2, 0.25) is 0 Å². The van der Waals surface area contributed by atoms with Crippen LogP contribution in [0.25, 0.3) is 21.8 Å². The molecule has 0 saturated heterocycles. The van der Waals surface area contributed by atoms with Gasteiger partial charge in [-0.05, 0) is 48.6 Å². The predicted molar refractivity (Wildman–Crippen MR) is 109 cm³/mol. The second-order valence-corrected chi connectivity index (χ2v) is 8.19. The van der Waals surface area contributed by atoms with Gasteiger partial charge in [0.05, 0.1) is 16.8 Å². The molecule has 2 aromatic carbocycles. The van der Waals surface area contributed by atoms with Crippen molar-refractivity contribution in [2.45, 2.75) is 25.7 Å². The molecule has 0 spiro atoms. The zero-order chi connectivity index (χ0) is 20.7. The maximum Gasteiger partial charge on any atom is 0.195 e. The number of Topliss-reactive ketones (excluding diaryl/α,β-unsaturated/α-hetero) is 1. The van der Waals surface area contributed by atoms with Crippen LogP contribution in [0.1, 0.15) is 33.0 Å². The maximum absolute atomic E-state index is 14.0. The Bertz CT molecular complexity index is 1230. The third-order valence-electron chi connectivity index (χ3n) is 5.27. The van der Waals surface area contributed by atoms with Crippen LogP contribution >= 0.6 is 11.3 Å². The number of carbonyl (C=O) groups excluding carboxylic acids is 1. The maximum atomic E-state index is 14.0. The lowest BCUT2D eigenvalue weighted by atomic mass is 10.0. The van der Waals surface area contributed by atoms with E-state index < -0.39 is 11.6 Å². The SMILES string of the molecule is O=C(Cc1c(F)cccc1F)c1nc2c(s1)-c1cc(-c3cnco3)ccc1CCC2. The normalized spacial score (nSPS) is 12.9. The molecule has 0 N–H and O–H groups in total. The molecule has 2 aromatic heterocycles. The summed E-state index contributed by atoms with van der Waals surface area (Å²) in [4.78, 5) is 22.2. The van der Waals surface area contributed by atoms with Crippen LogP contribution in [0.5, 0.6) is 0 Å². The Balaban J connectivity index is 1.53.